The molecular formula is C11H20N2O3. The van der Waals surface area contributed by atoms with Gasteiger partial charge in [-0.15, -0.1) is 0 Å². The smallest absolute Gasteiger partial charge is 0.326 e. The number of hydrogen-bond donors (Lipinski definition) is 3. The van der Waals surface area contributed by atoms with Crippen LogP contribution < -0.4 is 10.6 Å². The zero-order chi connectivity index (χ0) is 12.1. The van der Waals surface area contributed by atoms with E-state index in [1.807, 2.05) is 6.92 Å². The molecule has 3 N–H and O–H groups in total. The zero-order valence-electron chi connectivity index (χ0n) is 9.82. The van der Waals surface area contributed by atoms with Crippen molar-refractivity contribution >= 4 is 12.0 Å². The van der Waals surface area contributed by atoms with E-state index in [1.165, 1.54) is 0 Å². The first kappa shape index (κ1) is 12.8. The molecule has 0 saturated heterocycles. The monoisotopic (exact) mass is 228 g/mol. The van der Waals surface area contributed by atoms with Crippen LogP contribution in [0.1, 0.15) is 33.1 Å². The van der Waals surface area contributed by atoms with Crippen LogP contribution in [0.15, 0.2) is 0 Å². The summed E-state index contributed by atoms with van der Waals surface area (Å²) in [7, 11) is 0. The number of amides is 2. The lowest BCUT2D eigenvalue weighted by molar-refractivity contribution is -0.139. The van der Waals surface area contributed by atoms with E-state index in [4.69, 9.17) is 5.11 Å². The Hall–Kier alpha value is -1.26. The standard InChI is InChI=1S/C11H20N2O3/c1-3-7(2)6-12-11(16)13-9(10(14)15)8-4-5-8/h7-9H,3-6H2,1-2H3,(H,14,15)(H2,12,13,16). The van der Waals surface area contributed by atoms with E-state index < -0.39 is 12.0 Å². The Morgan fingerprint density at radius 2 is 2.06 bits per heavy atom. The average Bonchev–Trinajstić information content (AvgIpc) is 3.05. The summed E-state index contributed by atoms with van der Waals surface area (Å²) in [5.74, 6) is -0.414. The van der Waals surface area contributed by atoms with E-state index in [-0.39, 0.29) is 11.9 Å². The van der Waals surface area contributed by atoms with E-state index in [0.717, 1.165) is 19.3 Å². The highest BCUT2D eigenvalue weighted by molar-refractivity contribution is 5.83. The molecule has 1 saturated carbocycles. The van der Waals surface area contributed by atoms with Gasteiger partial charge < -0.3 is 15.7 Å². The number of hydrogen-bond acceptors (Lipinski definition) is 2. The molecule has 2 amide bonds. The molecule has 5 nitrogen and oxygen atoms in total. The van der Waals surface area contributed by atoms with Gasteiger partial charge in [0.2, 0.25) is 0 Å². The van der Waals surface area contributed by atoms with Crippen molar-refractivity contribution in [1.82, 2.24) is 10.6 Å². The second kappa shape index (κ2) is 5.72. The van der Waals surface area contributed by atoms with E-state index in [9.17, 15) is 9.59 Å². The van der Waals surface area contributed by atoms with Gasteiger partial charge in [-0.05, 0) is 24.7 Å². The minimum atomic E-state index is -0.943. The Morgan fingerprint density at radius 1 is 1.44 bits per heavy atom. The number of carboxylic acids is 1. The molecule has 0 aromatic heterocycles. The normalized spacial score (nSPS) is 18.6. The summed E-state index contributed by atoms with van der Waals surface area (Å²) in [6.45, 7) is 4.67. The Kier molecular flexibility index (Phi) is 4.58. The third kappa shape index (κ3) is 4.08. The second-order valence-corrected chi connectivity index (χ2v) is 4.52. The van der Waals surface area contributed by atoms with Crippen LogP contribution >= 0.6 is 0 Å². The lowest BCUT2D eigenvalue weighted by Gasteiger charge is -2.15. The Morgan fingerprint density at radius 3 is 2.50 bits per heavy atom. The average molecular weight is 228 g/mol. The zero-order valence-corrected chi connectivity index (χ0v) is 9.82. The van der Waals surface area contributed by atoms with Crippen molar-refractivity contribution in [1.29, 1.82) is 0 Å². The summed E-state index contributed by atoms with van der Waals surface area (Å²) in [6, 6.07) is -1.10. The molecule has 1 rings (SSSR count). The summed E-state index contributed by atoms with van der Waals surface area (Å²) in [4.78, 5) is 22.3. The van der Waals surface area contributed by atoms with Crippen molar-refractivity contribution in [2.45, 2.75) is 39.2 Å². The Labute approximate surface area is 95.6 Å². The van der Waals surface area contributed by atoms with Crippen LogP contribution in [0.5, 0.6) is 0 Å². The molecule has 16 heavy (non-hydrogen) atoms. The number of rotatable bonds is 6. The van der Waals surface area contributed by atoms with E-state index in [2.05, 4.69) is 17.6 Å². The summed E-state index contributed by atoms with van der Waals surface area (Å²) in [5.41, 5.74) is 0. The van der Waals surface area contributed by atoms with Gasteiger partial charge in [0.05, 0.1) is 0 Å². The van der Waals surface area contributed by atoms with E-state index in [0.29, 0.717) is 12.5 Å². The fourth-order valence-electron chi connectivity index (χ4n) is 1.41. The summed E-state index contributed by atoms with van der Waals surface area (Å²) >= 11 is 0. The molecule has 2 atom stereocenters. The number of urea groups is 1. The first-order valence-electron chi connectivity index (χ1n) is 5.81. The number of nitrogens with one attached hydrogen (secondary N) is 2. The van der Waals surface area contributed by atoms with E-state index >= 15 is 0 Å². The van der Waals surface area contributed by atoms with Gasteiger partial charge in [-0.25, -0.2) is 9.59 Å². The van der Waals surface area contributed by atoms with E-state index in [1.54, 1.807) is 0 Å². The predicted molar refractivity (Wildman–Crippen MR) is 60.1 cm³/mol. The van der Waals surface area contributed by atoms with Crippen molar-refractivity contribution < 1.29 is 14.7 Å². The molecule has 0 aliphatic heterocycles. The quantitative estimate of drug-likeness (QED) is 0.639. The van der Waals surface area contributed by atoms with Crippen molar-refractivity contribution in [2.75, 3.05) is 6.54 Å². The molecule has 2 unspecified atom stereocenters. The fraction of sp³-hybridized carbons (Fsp3) is 0.818. The highest BCUT2D eigenvalue weighted by Crippen LogP contribution is 2.32. The largest absolute Gasteiger partial charge is 0.480 e. The van der Waals surface area contributed by atoms with Crippen molar-refractivity contribution in [2.24, 2.45) is 11.8 Å². The van der Waals surface area contributed by atoms with Gasteiger partial charge in [0, 0.05) is 6.54 Å². The molecule has 0 heterocycles. The molecule has 0 bridgehead atoms. The van der Waals surface area contributed by atoms with Crippen molar-refractivity contribution in [3.8, 4) is 0 Å². The molecule has 92 valence electrons. The summed E-state index contributed by atoms with van der Waals surface area (Å²) < 4.78 is 0. The topological polar surface area (TPSA) is 78.4 Å². The molecule has 5 heteroatoms. The van der Waals surface area contributed by atoms with Crippen LogP contribution in [0, 0.1) is 11.8 Å². The van der Waals surface area contributed by atoms with Crippen LogP contribution in [-0.2, 0) is 4.79 Å². The van der Waals surface area contributed by atoms with Crippen LogP contribution in [0.3, 0.4) is 0 Å². The maximum absolute atomic E-state index is 11.4. The molecule has 0 radical (unpaired) electrons. The van der Waals surface area contributed by atoms with Crippen molar-refractivity contribution in [3.63, 3.8) is 0 Å². The predicted octanol–water partition coefficient (Wildman–Crippen LogP) is 1.19. The maximum Gasteiger partial charge on any atom is 0.326 e. The van der Waals surface area contributed by atoms with Gasteiger partial charge in [0.1, 0.15) is 6.04 Å². The molecule has 1 fully saturated rings. The van der Waals surface area contributed by atoms with Gasteiger partial charge in [0.25, 0.3) is 0 Å². The highest BCUT2D eigenvalue weighted by Gasteiger charge is 2.37. The molecule has 1 aliphatic rings. The minimum Gasteiger partial charge on any atom is -0.480 e. The Balaban J connectivity index is 2.28. The molecular weight excluding hydrogens is 208 g/mol. The van der Waals surface area contributed by atoms with Crippen LogP contribution in [0.4, 0.5) is 4.79 Å². The maximum atomic E-state index is 11.4. The molecule has 0 aromatic rings. The van der Waals surface area contributed by atoms with Gasteiger partial charge in [0.15, 0.2) is 0 Å². The first-order valence-corrected chi connectivity index (χ1v) is 5.81. The van der Waals surface area contributed by atoms with Gasteiger partial charge in [-0.2, -0.15) is 0 Å². The second-order valence-electron chi connectivity index (χ2n) is 4.52. The van der Waals surface area contributed by atoms with Crippen LogP contribution in [0.25, 0.3) is 0 Å². The molecule has 0 aromatic carbocycles. The number of carboxylic acid groups (broad SMARTS) is 1. The number of carbonyl (C=O) groups is 2. The van der Waals surface area contributed by atoms with Gasteiger partial charge in [-0.1, -0.05) is 20.3 Å². The third-order valence-corrected chi connectivity index (χ3v) is 2.95. The SMILES string of the molecule is CCC(C)CNC(=O)NC(C(=O)O)C1CC1. The van der Waals surface area contributed by atoms with Gasteiger partial charge in [-0.3, -0.25) is 0 Å². The van der Waals surface area contributed by atoms with Crippen molar-refractivity contribution in [3.05, 3.63) is 0 Å². The summed E-state index contributed by atoms with van der Waals surface area (Å²) in [6.07, 6.45) is 2.77. The highest BCUT2D eigenvalue weighted by atomic mass is 16.4. The number of carbonyl (C=O) groups excluding carboxylic acids is 1. The Bertz CT molecular complexity index is 264. The third-order valence-electron chi connectivity index (χ3n) is 2.95. The lowest BCUT2D eigenvalue weighted by atomic mass is 10.1. The summed E-state index contributed by atoms with van der Waals surface area (Å²) in [5, 5.41) is 14.1. The lowest BCUT2D eigenvalue weighted by Crippen LogP contribution is -2.47. The van der Waals surface area contributed by atoms with Crippen LogP contribution in [-0.4, -0.2) is 29.7 Å². The molecule has 1 aliphatic carbocycles. The fourth-order valence-corrected chi connectivity index (χ4v) is 1.41. The molecule has 0 spiro atoms. The minimum absolute atomic E-state index is 0.117. The van der Waals surface area contributed by atoms with Gasteiger partial charge >= 0.3 is 12.0 Å². The van der Waals surface area contributed by atoms with Crippen LogP contribution in [0.2, 0.25) is 0 Å². The first-order chi connectivity index (χ1) is 7.54. The number of aliphatic carboxylic acids is 1.